The zero-order valence-electron chi connectivity index (χ0n) is 11.8. The molecule has 0 N–H and O–H groups in total. The van der Waals surface area contributed by atoms with Crippen LogP contribution >= 0.6 is 11.3 Å². The van der Waals surface area contributed by atoms with Crippen molar-refractivity contribution in [3.05, 3.63) is 17.5 Å². The summed E-state index contributed by atoms with van der Waals surface area (Å²) in [5, 5.41) is 10.5. The summed E-state index contributed by atoms with van der Waals surface area (Å²) in [6, 6.07) is 5.35. The fraction of sp³-hybridized carbons (Fsp3) is 0.615. The van der Waals surface area contributed by atoms with E-state index in [0.29, 0.717) is 30.5 Å². The summed E-state index contributed by atoms with van der Waals surface area (Å²) in [5.41, 5.74) is 0. The number of nitrogens with zero attached hydrogens (tertiary/aromatic N) is 3. The molecule has 1 aromatic heterocycles. The van der Waals surface area contributed by atoms with Crippen molar-refractivity contribution in [3.63, 3.8) is 0 Å². The molecule has 8 heteroatoms. The van der Waals surface area contributed by atoms with Gasteiger partial charge in [0.25, 0.3) is 10.0 Å². The van der Waals surface area contributed by atoms with Crippen molar-refractivity contribution >= 4 is 21.4 Å². The van der Waals surface area contributed by atoms with Crippen LogP contribution in [0, 0.1) is 11.3 Å². The quantitative estimate of drug-likeness (QED) is 0.746. The SMILES string of the molecule is N#CCCN(CCN1CCOCC1)S(=O)(=O)c1cccs1. The van der Waals surface area contributed by atoms with E-state index in [1.54, 1.807) is 17.5 Å². The Bertz CT molecular complexity index is 560. The predicted molar refractivity (Wildman–Crippen MR) is 80.6 cm³/mol. The average molecular weight is 329 g/mol. The van der Waals surface area contributed by atoms with Gasteiger partial charge in [-0.15, -0.1) is 11.3 Å². The smallest absolute Gasteiger partial charge is 0.252 e. The second-order valence-corrected chi connectivity index (χ2v) is 7.81. The monoisotopic (exact) mass is 329 g/mol. The summed E-state index contributed by atoms with van der Waals surface area (Å²) >= 11 is 1.21. The molecule has 116 valence electrons. The fourth-order valence-corrected chi connectivity index (χ4v) is 4.72. The summed E-state index contributed by atoms with van der Waals surface area (Å²) in [5.74, 6) is 0. The van der Waals surface area contributed by atoms with Crippen LogP contribution in [0.2, 0.25) is 0 Å². The molecule has 0 bridgehead atoms. The van der Waals surface area contributed by atoms with Gasteiger partial charge in [0.2, 0.25) is 0 Å². The molecule has 0 aliphatic carbocycles. The number of rotatable bonds is 7. The van der Waals surface area contributed by atoms with E-state index in [1.165, 1.54) is 15.6 Å². The molecule has 2 rings (SSSR count). The van der Waals surface area contributed by atoms with Gasteiger partial charge in [0.1, 0.15) is 4.21 Å². The molecule has 1 aliphatic heterocycles. The van der Waals surface area contributed by atoms with Gasteiger partial charge >= 0.3 is 0 Å². The predicted octanol–water partition coefficient (Wildman–Crippen LogP) is 0.985. The minimum Gasteiger partial charge on any atom is -0.379 e. The van der Waals surface area contributed by atoms with Crippen LogP contribution in [0.3, 0.4) is 0 Å². The number of sulfonamides is 1. The molecule has 6 nitrogen and oxygen atoms in total. The molecule has 0 aromatic carbocycles. The van der Waals surface area contributed by atoms with Gasteiger partial charge in [-0.05, 0) is 11.4 Å². The number of thiophene rings is 1. The number of ether oxygens (including phenoxy) is 1. The van der Waals surface area contributed by atoms with Crippen molar-refractivity contribution in [2.24, 2.45) is 0 Å². The number of hydrogen-bond acceptors (Lipinski definition) is 6. The highest BCUT2D eigenvalue weighted by atomic mass is 32.2. The fourth-order valence-electron chi connectivity index (χ4n) is 2.14. The third-order valence-electron chi connectivity index (χ3n) is 3.33. The van der Waals surface area contributed by atoms with E-state index >= 15 is 0 Å². The van der Waals surface area contributed by atoms with Crippen LogP contribution in [-0.2, 0) is 14.8 Å². The molecule has 0 saturated carbocycles. The zero-order valence-corrected chi connectivity index (χ0v) is 13.4. The Hall–Kier alpha value is -0.980. The lowest BCUT2D eigenvalue weighted by Gasteiger charge is -2.29. The van der Waals surface area contributed by atoms with Gasteiger partial charge in [-0.2, -0.15) is 9.57 Å². The van der Waals surface area contributed by atoms with E-state index in [9.17, 15) is 8.42 Å². The van der Waals surface area contributed by atoms with Gasteiger partial charge in [-0.3, -0.25) is 4.90 Å². The van der Waals surface area contributed by atoms with Gasteiger partial charge in [0, 0.05) is 39.1 Å². The third kappa shape index (κ3) is 4.49. The molecule has 0 atom stereocenters. The van der Waals surface area contributed by atoms with E-state index in [4.69, 9.17) is 10.00 Å². The maximum atomic E-state index is 12.6. The van der Waals surface area contributed by atoms with Crippen LogP contribution in [0.25, 0.3) is 0 Å². The largest absolute Gasteiger partial charge is 0.379 e. The first-order chi connectivity index (χ1) is 10.1. The van der Waals surface area contributed by atoms with Gasteiger partial charge in [0.05, 0.1) is 19.3 Å². The van der Waals surface area contributed by atoms with Crippen LogP contribution in [0.1, 0.15) is 6.42 Å². The highest BCUT2D eigenvalue weighted by molar-refractivity contribution is 7.91. The Morgan fingerprint density at radius 3 is 2.76 bits per heavy atom. The van der Waals surface area contributed by atoms with E-state index in [0.717, 1.165) is 13.1 Å². The molecule has 21 heavy (non-hydrogen) atoms. The van der Waals surface area contributed by atoms with Crippen LogP contribution < -0.4 is 0 Å². The highest BCUT2D eigenvalue weighted by Gasteiger charge is 2.25. The molecule has 0 unspecified atom stereocenters. The molecular weight excluding hydrogens is 310 g/mol. The minimum absolute atomic E-state index is 0.202. The Kier molecular flexibility index (Phi) is 6.14. The first-order valence-electron chi connectivity index (χ1n) is 6.85. The molecule has 0 amide bonds. The lowest BCUT2D eigenvalue weighted by molar-refractivity contribution is 0.0363. The van der Waals surface area contributed by atoms with Crippen molar-refractivity contribution in [1.29, 1.82) is 5.26 Å². The molecule has 1 saturated heterocycles. The van der Waals surface area contributed by atoms with Gasteiger partial charge in [-0.25, -0.2) is 8.42 Å². The van der Waals surface area contributed by atoms with Crippen molar-refractivity contribution in [3.8, 4) is 6.07 Å². The van der Waals surface area contributed by atoms with Crippen LogP contribution in [0.5, 0.6) is 0 Å². The van der Waals surface area contributed by atoms with Crippen molar-refractivity contribution in [1.82, 2.24) is 9.21 Å². The second-order valence-electron chi connectivity index (χ2n) is 4.70. The van der Waals surface area contributed by atoms with Crippen molar-refractivity contribution in [2.45, 2.75) is 10.6 Å². The first-order valence-corrected chi connectivity index (χ1v) is 9.17. The van der Waals surface area contributed by atoms with E-state index < -0.39 is 10.0 Å². The summed E-state index contributed by atoms with van der Waals surface area (Å²) < 4.78 is 32.1. The highest BCUT2D eigenvalue weighted by Crippen LogP contribution is 2.21. The Labute approximate surface area is 129 Å². The number of hydrogen-bond donors (Lipinski definition) is 0. The van der Waals surface area contributed by atoms with Crippen LogP contribution in [-0.4, -0.2) is 63.6 Å². The standard InChI is InChI=1S/C13H19N3O3S2/c14-4-2-5-16(7-6-15-8-10-19-11-9-15)21(17,18)13-3-1-12-20-13/h1,3,12H,2,5-11H2. The van der Waals surface area contributed by atoms with Gasteiger partial charge in [-0.1, -0.05) is 6.07 Å². The zero-order chi connectivity index (χ0) is 15.1. The van der Waals surface area contributed by atoms with E-state index in [1.807, 2.05) is 6.07 Å². The number of morpholine rings is 1. The van der Waals surface area contributed by atoms with Crippen molar-refractivity contribution < 1.29 is 13.2 Å². The lowest BCUT2D eigenvalue weighted by Crippen LogP contribution is -2.43. The third-order valence-corrected chi connectivity index (χ3v) is 6.60. The lowest BCUT2D eigenvalue weighted by atomic mass is 10.4. The summed E-state index contributed by atoms with van der Waals surface area (Å²) in [6.07, 6.45) is 0.202. The normalized spacial score (nSPS) is 17.0. The van der Waals surface area contributed by atoms with E-state index in [2.05, 4.69) is 4.90 Å². The van der Waals surface area contributed by atoms with Gasteiger partial charge in [0.15, 0.2) is 0 Å². The van der Waals surface area contributed by atoms with E-state index in [-0.39, 0.29) is 13.0 Å². The van der Waals surface area contributed by atoms with Crippen LogP contribution in [0.15, 0.2) is 21.7 Å². The minimum atomic E-state index is -3.49. The topological polar surface area (TPSA) is 73.6 Å². The average Bonchev–Trinajstić information content (AvgIpc) is 3.03. The van der Waals surface area contributed by atoms with Crippen molar-refractivity contribution in [2.75, 3.05) is 45.9 Å². The Morgan fingerprint density at radius 1 is 1.38 bits per heavy atom. The Morgan fingerprint density at radius 2 is 2.14 bits per heavy atom. The maximum Gasteiger partial charge on any atom is 0.252 e. The molecule has 2 heterocycles. The molecular formula is C13H19N3O3S2. The Balaban J connectivity index is 2.02. The summed E-state index contributed by atoms with van der Waals surface area (Å²) in [4.78, 5) is 2.19. The first kappa shape index (κ1) is 16.4. The van der Waals surface area contributed by atoms with Crippen LogP contribution in [0.4, 0.5) is 0 Å². The summed E-state index contributed by atoms with van der Waals surface area (Å²) in [7, 11) is -3.49. The maximum absolute atomic E-state index is 12.6. The summed E-state index contributed by atoms with van der Waals surface area (Å²) in [6.45, 7) is 4.34. The van der Waals surface area contributed by atoms with Gasteiger partial charge < -0.3 is 4.74 Å². The molecule has 0 spiro atoms. The molecule has 1 aliphatic rings. The molecule has 1 aromatic rings. The second kappa shape index (κ2) is 7.87. The molecule has 1 fully saturated rings. The molecule has 0 radical (unpaired) electrons. The number of nitriles is 1.